The summed E-state index contributed by atoms with van der Waals surface area (Å²) in [5.74, 6) is -0.426. The molecule has 0 saturated carbocycles. The van der Waals surface area contributed by atoms with Gasteiger partial charge in [0.25, 0.3) is 0 Å². The molecule has 10 heteroatoms. The van der Waals surface area contributed by atoms with Crippen molar-refractivity contribution >= 4 is 27.0 Å². The Morgan fingerprint density at radius 1 is 1.17 bits per heavy atom. The Morgan fingerprint density at radius 3 is 2.59 bits per heavy atom. The number of benzene rings is 2. The average Bonchev–Trinajstić information content (AvgIpc) is 3.10. The number of hydrogen-bond donors (Lipinski definition) is 1. The minimum Gasteiger partial charge on any atom is -0.352 e. The van der Waals surface area contributed by atoms with E-state index in [0.29, 0.717) is 37.0 Å². The van der Waals surface area contributed by atoms with Crippen LogP contribution in [0, 0.1) is 5.82 Å². The molecule has 0 fully saturated rings. The Hall–Kier alpha value is -2.85. The summed E-state index contributed by atoms with van der Waals surface area (Å²) in [6.07, 6.45) is 0.848. The summed E-state index contributed by atoms with van der Waals surface area (Å²) in [6, 6.07) is 10.6. The number of aryl methyl sites for hydroxylation is 1. The monoisotopic (exact) mass is 419 g/mol. The molecular formula is C19H22FN5O3S. The molecule has 0 radical (unpaired) electrons. The maximum atomic E-state index is 12.9. The molecule has 1 aromatic heterocycles. The van der Waals surface area contributed by atoms with Crippen LogP contribution >= 0.6 is 0 Å². The molecule has 154 valence electrons. The predicted octanol–water partition coefficient (Wildman–Crippen LogP) is 1.92. The highest BCUT2D eigenvalue weighted by molar-refractivity contribution is 7.89. The van der Waals surface area contributed by atoms with E-state index in [1.807, 2.05) is 0 Å². The molecule has 29 heavy (non-hydrogen) atoms. The molecule has 3 aromatic rings. The number of amides is 1. The number of carbonyl (C=O) groups is 1. The molecule has 0 saturated heterocycles. The standard InChI is InChI=1S/C19H22FN5O3S/c1-24(2)29(27,28)16-9-10-18-17(12-16)22-23-25(18)11-3-4-19(26)21-13-14-5-7-15(20)8-6-14/h5-10,12H,3-4,11,13H2,1-2H3,(H,21,26). The fourth-order valence-corrected chi connectivity index (χ4v) is 3.69. The van der Waals surface area contributed by atoms with Crippen LogP contribution in [0.2, 0.25) is 0 Å². The molecule has 0 aliphatic carbocycles. The first-order chi connectivity index (χ1) is 13.8. The second-order valence-corrected chi connectivity index (χ2v) is 8.91. The third-order valence-corrected chi connectivity index (χ3v) is 6.25. The van der Waals surface area contributed by atoms with E-state index in [2.05, 4.69) is 15.6 Å². The van der Waals surface area contributed by atoms with Crippen LogP contribution < -0.4 is 5.32 Å². The Morgan fingerprint density at radius 2 is 1.90 bits per heavy atom. The maximum absolute atomic E-state index is 12.9. The van der Waals surface area contributed by atoms with Gasteiger partial charge in [-0.15, -0.1) is 5.10 Å². The van der Waals surface area contributed by atoms with Gasteiger partial charge in [-0.2, -0.15) is 0 Å². The highest BCUT2D eigenvalue weighted by Crippen LogP contribution is 2.19. The van der Waals surface area contributed by atoms with Crippen molar-refractivity contribution in [2.75, 3.05) is 14.1 Å². The van der Waals surface area contributed by atoms with Gasteiger partial charge < -0.3 is 5.32 Å². The van der Waals surface area contributed by atoms with Gasteiger partial charge in [0, 0.05) is 33.6 Å². The van der Waals surface area contributed by atoms with E-state index < -0.39 is 10.0 Å². The summed E-state index contributed by atoms with van der Waals surface area (Å²) in [5, 5.41) is 10.9. The van der Waals surface area contributed by atoms with Gasteiger partial charge in [0.05, 0.1) is 10.4 Å². The second kappa shape index (κ2) is 8.66. The first kappa shape index (κ1) is 20.9. The van der Waals surface area contributed by atoms with Gasteiger partial charge >= 0.3 is 0 Å². The molecule has 0 spiro atoms. The number of nitrogens with zero attached hydrogens (tertiary/aromatic N) is 4. The fourth-order valence-electron chi connectivity index (χ4n) is 2.77. The van der Waals surface area contributed by atoms with Crippen molar-refractivity contribution in [2.24, 2.45) is 0 Å². The Labute approximate surface area is 168 Å². The van der Waals surface area contributed by atoms with E-state index in [4.69, 9.17) is 0 Å². The topological polar surface area (TPSA) is 97.2 Å². The van der Waals surface area contributed by atoms with Crippen LogP contribution in [0.3, 0.4) is 0 Å². The summed E-state index contributed by atoms with van der Waals surface area (Å²) in [4.78, 5) is 12.1. The summed E-state index contributed by atoms with van der Waals surface area (Å²) in [6.45, 7) is 0.814. The lowest BCUT2D eigenvalue weighted by Gasteiger charge is -2.11. The van der Waals surface area contributed by atoms with E-state index in [1.165, 1.54) is 38.4 Å². The molecule has 8 nitrogen and oxygen atoms in total. The summed E-state index contributed by atoms with van der Waals surface area (Å²) in [7, 11) is -0.597. The zero-order valence-corrected chi connectivity index (χ0v) is 17.0. The molecule has 0 unspecified atom stereocenters. The van der Waals surface area contributed by atoms with Gasteiger partial charge in [-0.25, -0.2) is 21.8 Å². The van der Waals surface area contributed by atoms with Crippen molar-refractivity contribution in [2.45, 2.75) is 30.8 Å². The van der Waals surface area contributed by atoms with Crippen molar-refractivity contribution in [1.82, 2.24) is 24.6 Å². The Balaban J connectivity index is 1.55. The Kier molecular flexibility index (Phi) is 6.23. The van der Waals surface area contributed by atoms with Gasteiger partial charge in [0.1, 0.15) is 11.3 Å². The van der Waals surface area contributed by atoms with E-state index in [1.54, 1.807) is 22.9 Å². The zero-order chi connectivity index (χ0) is 21.0. The highest BCUT2D eigenvalue weighted by atomic mass is 32.2. The van der Waals surface area contributed by atoms with Crippen LogP contribution in [0.1, 0.15) is 18.4 Å². The van der Waals surface area contributed by atoms with Crippen LogP contribution in [0.25, 0.3) is 11.0 Å². The number of hydrogen-bond acceptors (Lipinski definition) is 5. The third-order valence-electron chi connectivity index (χ3n) is 4.44. The largest absolute Gasteiger partial charge is 0.352 e. The summed E-state index contributed by atoms with van der Waals surface area (Å²) >= 11 is 0. The number of sulfonamides is 1. The van der Waals surface area contributed by atoms with Crippen LogP contribution in [-0.4, -0.2) is 47.7 Å². The number of nitrogens with one attached hydrogen (secondary N) is 1. The molecule has 0 aliphatic rings. The predicted molar refractivity (Wildman–Crippen MR) is 106 cm³/mol. The molecule has 3 rings (SSSR count). The van der Waals surface area contributed by atoms with Crippen molar-refractivity contribution in [3.05, 3.63) is 53.8 Å². The first-order valence-corrected chi connectivity index (χ1v) is 10.5. The summed E-state index contributed by atoms with van der Waals surface area (Å²) < 4.78 is 40.1. The molecule has 1 amide bonds. The quantitative estimate of drug-likeness (QED) is 0.602. The summed E-state index contributed by atoms with van der Waals surface area (Å²) in [5.41, 5.74) is 2.01. The number of halogens is 1. The lowest BCUT2D eigenvalue weighted by atomic mass is 10.2. The van der Waals surface area contributed by atoms with Gasteiger partial charge in [0.2, 0.25) is 15.9 Å². The maximum Gasteiger partial charge on any atom is 0.242 e. The number of aromatic nitrogens is 3. The number of rotatable bonds is 8. The first-order valence-electron chi connectivity index (χ1n) is 9.04. The Bertz CT molecular complexity index is 1110. The van der Waals surface area contributed by atoms with Gasteiger partial charge in [0.15, 0.2) is 0 Å². The van der Waals surface area contributed by atoms with E-state index in [0.717, 1.165) is 9.87 Å². The minimum absolute atomic E-state index is 0.113. The second-order valence-electron chi connectivity index (χ2n) is 6.76. The van der Waals surface area contributed by atoms with Crippen LogP contribution in [-0.2, 0) is 27.9 Å². The van der Waals surface area contributed by atoms with Crippen molar-refractivity contribution in [3.63, 3.8) is 0 Å². The number of carbonyl (C=O) groups excluding carboxylic acids is 1. The highest BCUT2D eigenvalue weighted by Gasteiger charge is 2.18. The van der Waals surface area contributed by atoms with Crippen molar-refractivity contribution in [1.29, 1.82) is 0 Å². The average molecular weight is 419 g/mol. The molecule has 0 aliphatic heterocycles. The lowest BCUT2D eigenvalue weighted by molar-refractivity contribution is -0.121. The van der Waals surface area contributed by atoms with E-state index in [-0.39, 0.29) is 16.6 Å². The minimum atomic E-state index is -3.54. The van der Waals surface area contributed by atoms with Gasteiger partial charge in [-0.1, -0.05) is 17.3 Å². The normalized spacial score (nSPS) is 11.9. The van der Waals surface area contributed by atoms with Crippen molar-refractivity contribution in [3.8, 4) is 0 Å². The van der Waals surface area contributed by atoms with Crippen molar-refractivity contribution < 1.29 is 17.6 Å². The molecule has 0 bridgehead atoms. The molecule has 2 aromatic carbocycles. The van der Waals surface area contributed by atoms with E-state index >= 15 is 0 Å². The zero-order valence-electron chi connectivity index (χ0n) is 16.2. The lowest BCUT2D eigenvalue weighted by Crippen LogP contribution is -2.22. The van der Waals surface area contributed by atoms with Gasteiger partial charge in [-0.05, 0) is 42.3 Å². The molecule has 0 atom stereocenters. The smallest absolute Gasteiger partial charge is 0.242 e. The third kappa shape index (κ3) is 4.96. The van der Waals surface area contributed by atoms with Gasteiger partial charge in [-0.3, -0.25) is 4.79 Å². The van der Waals surface area contributed by atoms with Crippen LogP contribution in [0.15, 0.2) is 47.4 Å². The molecule has 1 heterocycles. The molecule has 1 N–H and O–H groups in total. The van der Waals surface area contributed by atoms with Crippen LogP contribution in [0.5, 0.6) is 0 Å². The fraction of sp³-hybridized carbons (Fsp3) is 0.316. The number of fused-ring (bicyclic) bond motifs is 1. The van der Waals surface area contributed by atoms with Crippen LogP contribution in [0.4, 0.5) is 4.39 Å². The molecular weight excluding hydrogens is 397 g/mol. The van der Waals surface area contributed by atoms with E-state index in [9.17, 15) is 17.6 Å². The SMILES string of the molecule is CN(C)S(=O)(=O)c1ccc2c(c1)nnn2CCCC(=O)NCc1ccc(F)cc1.